The SMILES string of the molecule is CCCCN(C)CCNC(=O)C1CCN(c2nc3ccc(CC)cc3s2)CC1. The largest absolute Gasteiger partial charge is 0.355 e. The standard InChI is InChI=1S/C22H34N4OS/c1-4-6-12-25(3)15-11-23-21(27)18-9-13-26(14-10-18)22-24-19-8-7-17(5-2)16-20(19)28-22/h7-8,16,18H,4-6,9-15H2,1-3H3,(H,23,27). The van der Waals surface area contributed by atoms with Crippen molar-refractivity contribution in [3.05, 3.63) is 23.8 Å². The topological polar surface area (TPSA) is 48.5 Å². The van der Waals surface area contributed by atoms with Gasteiger partial charge in [-0.3, -0.25) is 4.79 Å². The van der Waals surface area contributed by atoms with E-state index in [1.54, 1.807) is 11.3 Å². The van der Waals surface area contributed by atoms with Crippen molar-refractivity contribution >= 4 is 32.6 Å². The molecule has 1 aliphatic rings. The summed E-state index contributed by atoms with van der Waals surface area (Å²) >= 11 is 1.78. The minimum Gasteiger partial charge on any atom is -0.355 e. The average Bonchev–Trinajstić information content (AvgIpc) is 3.15. The second-order valence-electron chi connectivity index (χ2n) is 7.86. The number of nitrogens with zero attached hydrogens (tertiary/aromatic N) is 3. The lowest BCUT2D eigenvalue weighted by molar-refractivity contribution is -0.125. The Kier molecular flexibility index (Phi) is 7.68. The highest BCUT2D eigenvalue weighted by Gasteiger charge is 2.26. The number of nitrogens with one attached hydrogen (secondary N) is 1. The van der Waals surface area contributed by atoms with Crippen molar-refractivity contribution in [2.24, 2.45) is 5.92 Å². The smallest absolute Gasteiger partial charge is 0.223 e. The predicted molar refractivity (Wildman–Crippen MR) is 119 cm³/mol. The van der Waals surface area contributed by atoms with Gasteiger partial charge in [-0.1, -0.05) is 37.7 Å². The first-order chi connectivity index (χ1) is 13.6. The highest BCUT2D eigenvalue weighted by Crippen LogP contribution is 2.32. The number of carbonyl (C=O) groups excluding carboxylic acids is 1. The van der Waals surface area contributed by atoms with Gasteiger partial charge < -0.3 is 15.1 Å². The van der Waals surface area contributed by atoms with Gasteiger partial charge in [-0.15, -0.1) is 0 Å². The Morgan fingerprint density at radius 2 is 2.07 bits per heavy atom. The van der Waals surface area contributed by atoms with E-state index in [1.807, 2.05) is 0 Å². The Morgan fingerprint density at radius 1 is 1.29 bits per heavy atom. The maximum atomic E-state index is 12.5. The minimum absolute atomic E-state index is 0.137. The molecule has 3 rings (SSSR count). The molecule has 1 aromatic carbocycles. The van der Waals surface area contributed by atoms with E-state index in [4.69, 9.17) is 4.98 Å². The number of hydrogen-bond acceptors (Lipinski definition) is 5. The number of thiazole rings is 1. The molecule has 2 heterocycles. The van der Waals surface area contributed by atoms with Gasteiger partial charge in [-0.2, -0.15) is 0 Å². The molecule has 0 bridgehead atoms. The zero-order chi connectivity index (χ0) is 19.9. The first kappa shape index (κ1) is 21.1. The fourth-order valence-electron chi connectivity index (χ4n) is 3.70. The summed E-state index contributed by atoms with van der Waals surface area (Å²) in [5, 5.41) is 4.23. The quantitative estimate of drug-likeness (QED) is 0.691. The Morgan fingerprint density at radius 3 is 2.79 bits per heavy atom. The van der Waals surface area contributed by atoms with Gasteiger partial charge in [0, 0.05) is 32.1 Å². The fourth-order valence-corrected chi connectivity index (χ4v) is 4.78. The predicted octanol–water partition coefficient (Wildman–Crippen LogP) is 3.92. The molecule has 5 nitrogen and oxygen atoms in total. The molecule has 1 amide bonds. The second kappa shape index (κ2) is 10.2. The lowest BCUT2D eigenvalue weighted by Gasteiger charge is -2.31. The number of piperidine rings is 1. The van der Waals surface area contributed by atoms with Crippen molar-refractivity contribution in [2.45, 2.75) is 46.0 Å². The zero-order valence-electron chi connectivity index (χ0n) is 17.5. The number of unbranched alkanes of at least 4 members (excludes halogenated alkanes) is 1. The third-order valence-corrected chi connectivity index (χ3v) is 6.75. The second-order valence-corrected chi connectivity index (χ2v) is 8.87. The molecule has 0 saturated carbocycles. The van der Waals surface area contributed by atoms with Crippen LogP contribution in [0.1, 0.15) is 45.1 Å². The van der Waals surface area contributed by atoms with Gasteiger partial charge >= 0.3 is 0 Å². The zero-order valence-corrected chi connectivity index (χ0v) is 18.4. The van der Waals surface area contributed by atoms with E-state index in [-0.39, 0.29) is 11.8 Å². The lowest BCUT2D eigenvalue weighted by Crippen LogP contribution is -2.42. The molecule has 1 fully saturated rings. The van der Waals surface area contributed by atoms with E-state index in [1.165, 1.54) is 23.1 Å². The number of anilines is 1. The molecule has 0 atom stereocenters. The fraction of sp³-hybridized carbons (Fsp3) is 0.636. The minimum atomic E-state index is 0.137. The highest BCUT2D eigenvalue weighted by molar-refractivity contribution is 7.22. The van der Waals surface area contributed by atoms with Crippen LogP contribution >= 0.6 is 11.3 Å². The van der Waals surface area contributed by atoms with Crippen LogP contribution in [0.15, 0.2) is 18.2 Å². The molecule has 1 aliphatic heterocycles. The maximum Gasteiger partial charge on any atom is 0.223 e. The Labute approximate surface area is 173 Å². The molecule has 0 aliphatic carbocycles. The van der Waals surface area contributed by atoms with Gasteiger partial charge in [0.25, 0.3) is 0 Å². The summed E-state index contributed by atoms with van der Waals surface area (Å²) in [4.78, 5) is 21.9. The van der Waals surface area contributed by atoms with Gasteiger partial charge in [-0.05, 0) is 57.0 Å². The van der Waals surface area contributed by atoms with E-state index in [0.717, 1.165) is 62.6 Å². The summed E-state index contributed by atoms with van der Waals surface area (Å²) in [5.41, 5.74) is 2.45. The number of amides is 1. The molecular formula is C22H34N4OS. The summed E-state index contributed by atoms with van der Waals surface area (Å²) in [6.45, 7) is 8.99. The number of likely N-dealkylation sites (N-methyl/N-ethyl adjacent to an activating group) is 1. The number of benzene rings is 1. The number of aryl methyl sites for hydroxylation is 1. The third-order valence-electron chi connectivity index (χ3n) is 5.67. The molecule has 1 N–H and O–H groups in total. The highest BCUT2D eigenvalue weighted by atomic mass is 32.1. The maximum absolute atomic E-state index is 12.5. The van der Waals surface area contributed by atoms with Crippen molar-refractivity contribution in [3.63, 3.8) is 0 Å². The van der Waals surface area contributed by atoms with Crippen LogP contribution in [-0.4, -0.2) is 55.6 Å². The van der Waals surface area contributed by atoms with E-state index in [9.17, 15) is 4.79 Å². The van der Waals surface area contributed by atoms with Crippen molar-refractivity contribution in [2.75, 3.05) is 44.7 Å². The number of rotatable bonds is 9. The summed E-state index contributed by atoms with van der Waals surface area (Å²) < 4.78 is 1.27. The normalized spacial score (nSPS) is 15.5. The summed E-state index contributed by atoms with van der Waals surface area (Å²) in [6, 6.07) is 6.56. The molecule has 1 aromatic heterocycles. The van der Waals surface area contributed by atoms with Gasteiger partial charge in [-0.25, -0.2) is 4.98 Å². The molecule has 0 radical (unpaired) electrons. The van der Waals surface area contributed by atoms with E-state index in [0.29, 0.717) is 0 Å². The van der Waals surface area contributed by atoms with Crippen molar-refractivity contribution in [1.82, 2.24) is 15.2 Å². The van der Waals surface area contributed by atoms with Gasteiger partial charge in [0.05, 0.1) is 10.2 Å². The van der Waals surface area contributed by atoms with Crippen LogP contribution < -0.4 is 10.2 Å². The summed E-state index contributed by atoms with van der Waals surface area (Å²) in [7, 11) is 2.13. The van der Waals surface area contributed by atoms with Crippen molar-refractivity contribution in [1.29, 1.82) is 0 Å². The summed E-state index contributed by atoms with van der Waals surface area (Å²) in [6.07, 6.45) is 5.30. The van der Waals surface area contributed by atoms with Crippen LogP contribution in [0.4, 0.5) is 5.13 Å². The van der Waals surface area contributed by atoms with Gasteiger partial charge in [0.15, 0.2) is 5.13 Å². The van der Waals surface area contributed by atoms with Gasteiger partial charge in [0.1, 0.15) is 0 Å². The van der Waals surface area contributed by atoms with Crippen LogP contribution in [0.25, 0.3) is 10.2 Å². The van der Waals surface area contributed by atoms with Crippen molar-refractivity contribution in [3.8, 4) is 0 Å². The molecule has 154 valence electrons. The van der Waals surface area contributed by atoms with Gasteiger partial charge in [0.2, 0.25) is 5.91 Å². The van der Waals surface area contributed by atoms with Crippen LogP contribution in [0.3, 0.4) is 0 Å². The lowest BCUT2D eigenvalue weighted by atomic mass is 9.96. The van der Waals surface area contributed by atoms with E-state index < -0.39 is 0 Å². The molecule has 0 unspecified atom stereocenters. The molecular weight excluding hydrogens is 368 g/mol. The van der Waals surface area contributed by atoms with Crippen LogP contribution in [0.5, 0.6) is 0 Å². The number of aromatic nitrogens is 1. The molecule has 2 aromatic rings. The van der Waals surface area contributed by atoms with E-state index >= 15 is 0 Å². The van der Waals surface area contributed by atoms with Crippen LogP contribution in [0, 0.1) is 5.92 Å². The molecule has 6 heteroatoms. The van der Waals surface area contributed by atoms with E-state index in [2.05, 4.69) is 54.2 Å². The van der Waals surface area contributed by atoms with Crippen molar-refractivity contribution < 1.29 is 4.79 Å². The molecule has 28 heavy (non-hydrogen) atoms. The molecule has 1 saturated heterocycles. The van der Waals surface area contributed by atoms with Crippen LogP contribution in [-0.2, 0) is 11.2 Å². The first-order valence-corrected chi connectivity index (χ1v) is 11.5. The Balaban J connectivity index is 1.45. The van der Waals surface area contributed by atoms with Crippen LogP contribution in [0.2, 0.25) is 0 Å². The number of fused-ring (bicyclic) bond motifs is 1. The number of carbonyl (C=O) groups is 1. The Bertz CT molecular complexity index is 767. The monoisotopic (exact) mass is 402 g/mol. The number of hydrogen-bond donors (Lipinski definition) is 1. The Hall–Kier alpha value is -1.66. The summed E-state index contributed by atoms with van der Waals surface area (Å²) in [5.74, 6) is 0.360. The molecule has 0 spiro atoms. The average molecular weight is 403 g/mol. The first-order valence-electron chi connectivity index (χ1n) is 10.7. The third kappa shape index (κ3) is 5.45.